The molecule has 1 fully saturated rings. The standard InChI is InChI=1S/C15H22FN3O/c1-10-4-5-19(9-13(10)7-17)8-12-3-2-11(15(18)20)6-14(12)16/h2-3,6,10,13H,4-5,7-9,17H2,1H3,(H2,18,20). The number of hydrogen-bond acceptors (Lipinski definition) is 3. The first-order valence-corrected chi connectivity index (χ1v) is 7.02. The summed E-state index contributed by atoms with van der Waals surface area (Å²) < 4.78 is 14.0. The molecule has 1 aromatic carbocycles. The predicted molar refractivity (Wildman–Crippen MR) is 76.5 cm³/mol. The van der Waals surface area contributed by atoms with Crippen LogP contribution in [0.25, 0.3) is 0 Å². The summed E-state index contributed by atoms with van der Waals surface area (Å²) in [6.45, 7) is 5.29. The van der Waals surface area contributed by atoms with E-state index in [9.17, 15) is 9.18 Å². The van der Waals surface area contributed by atoms with Gasteiger partial charge in [-0.3, -0.25) is 9.69 Å². The Morgan fingerprint density at radius 2 is 2.25 bits per heavy atom. The molecule has 1 saturated heterocycles. The van der Waals surface area contributed by atoms with Gasteiger partial charge in [0.15, 0.2) is 0 Å². The number of primary amides is 1. The molecule has 0 aromatic heterocycles. The molecule has 1 aliphatic rings. The van der Waals surface area contributed by atoms with E-state index in [4.69, 9.17) is 11.5 Å². The molecule has 20 heavy (non-hydrogen) atoms. The quantitative estimate of drug-likeness (QED) is 0.873. The molecular formula is C15H22FN3O. The molecular weight excluding hydrogens is 257 g/mol. The first kappa shape index (κ1) is 14.9. The van der Waals surface area contributed by atoms with Gasteiger partial charge in [0.25, 0.3) is 0 Å². The molecule has 2 atom stereocenters. The Labute approximate surface area is 118 Å². The zero-order valence-corrected chi connectivity index (χ0v) is 11.8. The van der Waals surface area contributed by atoms with Gasteiger partial charge in [0.1, 0.15) is 5.82 Å². The van der Waals surface area contributed by atoms with Gasteiger partial charge in [-0.15, -0.1) is 0 Å². The SMILES string of the molecule is CC1CCN(Cc2ccc(C(N)=O)cc2F)CC1CN. The molecule has 0 saturated carbocycles. The number of piperidine rings is 1. The van der Waals surface area contributed by atoms with Crippen molar-refractivity contribution in [1.82, 2.24) is 4.90 Å². The first-order valence-electron chi connectivity index (χ1n) is 7.02. The van der Waals surface area contributed by atoms with Crippen molar-refractivity contribution >= 4 is 5.91 Å². The highest BCUT2D eigenvalue weighted by Gasteiger charge is 2.25. The number of nitrogens with zero attached hydrogens (tertiary/aromatic N) is 1. The molecule has 5 heteroatoms. The second-order valence-corrected chi connectivity index (χ2v) is 5.67. The predicted octanol–water partition coefficient (Wildman–Crippen LogP) is 1.34. The Morgan fingerprint density at radius 1 is 1.50 bits per heavy atom. The van der Waals surface area contributed by atoms with Crippen molar-refractivity contribution in [1.29, 1.82) is 0 Å². The van der Waals surface area contributed by atoms with Gasteiger partial charge in [0.05, 0.1) is 0 Å². The van der Waals surface area contributed by atoms with Crippen molar-refractivity contribution in [3.63, 3.8) is 0 Å². The van der Waals surface area contributed by atoms with Gasteiger partial charge in [-0.1, -0.05) is 13.0 Å². The Balaban J connectivity index is 2.05. The summed E-state index contributed by atoms with van der Waals surface area (Å²) in [6.07, 6.45) is 1.09. The summed E-state index contributed by atoms with van der Waals surface area (Å²) in [7, 11) is 0. The number of carbonyl (C=O) groups excluding carboxylic acids is 1. The lowest BCUT2D eigenvalue weighted by Crippen LogP contribution is -2.42. The van der Waals surface area contributed by atoms with Gasteiger partial charge >= 0.3 is 0 Å². The molecule has 0 aliphatic carbocycles. The van der Waals surface area contributed by atoms with Crippen molar-refractivity contribution in [2.75, 3.05) is 19.6 Å². The first-order chi connectivity index (χ1) is 9.51. The average Bonchev–Trinajstić information content (AvgIpc) is 2.42. The third kappa shape index (κ3) is 3.35. The maximum atomic E-state index is 14.0. The number of hydrogen-bond donors (Lipinski definition) is 2. The number of amides is 1. The van der Waals surface area contributed by atoms with Crippen LogP contribution in [0.15, 0.2) is 18.2 Å². The van der Waals surface area contributed by atoms with Crippen LogP contribution in [0.2, 0.25) is 0 Å². The molecule has 0 radical (unpaired) electrons. The monoisotopic (exact) mass is 279 g/mol. The second-order valence-electron chi connectivity index (χ2n) is 5.67. The number of halogens is 1. The third-order valence-electron chi connectivity index (χ3n) is 4.23. The summed E-state index contributed by atoms with van der Waals surface area (Å²) in [6, 6.07) is 4.43. The third-order valence-corrected chi connectivity index (χ3v) is 4.23. The van der Waals surface area contributed by atoms with E-state index in [1.807, 2.05) is 0 Å². The number of rotatable bonds is 4. The van der Waals surface area contributed by atoms with Crippen LogP contribution in [0.3, 0.4) is 0 Å². The Hall–Kier alpha value is -1.46. The van der Waals surface area contributed by atoms with E-state index in [1.165, 1.54) is 6.07 Å². The van der Waals surface area contributed by atoms with E-state index in [2.05, 4.69) is 11.8 Å². The molecule has 4 N–H and O–H groups in total. The maximum absolute atomic E-state index is 14.0. The fraction of sp³-hybridized carbons (Fsp3) is 0.533. The van der Waals surface area contributed by atoms with Gasteiger partial charge in [0.2, 0.25) is 5.91 Å². The molecule has 1 amide bonds. The highest BCUT2D eigenvalue weighted by molar-refractivity contribution is 5.92. The van der Waals surface area contributed by atoms with E-state index in [0.29, 0.717) is 30.5 Å². The highest BCUT2D eigenvalue weighted by Crippen LogP contribution is 2.24. The minimum Gasteiger partial charge on any atom is -0.366 e. The van der Waals surface area contributed by atoms with Crippen LogP contribution in [-0.2, 0) is 6.54 Å². The Kier molecular flexibility index (Phi) is 4.73. The van der Waals surface area contributed by atoms with E-state index in [-0.39, 0.29) is 11.4 Å². The van der Waals surface area contributed by atoms with Crippen LogP contribution >= 0.6 is 0 Å². The Bertz CT molecular complexity index is 492. The lowest BCUT2D eigenvalue weighted by atomic mass is 9.87. The van der Waals surface area contributed by atoms with Crippen molar-refractivity contribution in [2.24, 2.45) is 23.3 Å². The molecule has 1 aliphatic heterocycles. The maximum Gasteiger partial charge on any atom is 0.248 e. The summed E-state index contributed by atoms with van der Waals surface area (Å²) in [5, 5.41) is 0. The van der Waals surface area contributed by atoms with Crippen molar-refractivity contribution in [3.05, 3.63) is 35.1 Å². The number of likely N-dealkylation sites (tertiary alicyclic amines) is 1. The zero-order chi connectivity index (χ0) is 14.7. The van der Waals surface area contributed by atoms with E-state index in [0.717, 1.165) is 19.5 Å². The smallest absolute Gasteiger partial charge is 0.248 e. The summed E-state index contributed by atoms with van der Waals surface area (Å²) >= 11 is 0. The van der Waals surface area contributed by atoms with Gasteiger partial charge in [-0.05, 0) is 43.5 Å². The number of carbonyl (C=O) groups is 1. The van der Waals surface area contributed by atoms with E-state index in [1.54, 1.807) is 12.1 Å². The molecule has 0 spiro atoms. The minimum atomic E-state index is -0.606. The van der Waals surface area contributed by atoms with E-state index < -0.39 is 5.91 Å². The van der Waals surface area contributed by atoms with Crippen molar-refractivity contribution in [2.45, 2.75) is 19.9 Å². The fourth-order valence-corrected chi connectivity index (χ4v) is 2.74. The Morgan fingerprint density at radius 3 is 2.85 bits per heavy atom. The fourth-order valence-electron chi connectivity index (χ4n) is 2.74. The molecule has 4 nitrogen and oxygen atoms in total. The molecule has 1 aromatic rings. The van der Waals surface area contributed by atoms with Gasteiger partial charge in [-0.25, -0.2) is 4.39 Å². The number of benzene rings is 1. The van der Waals surface area contributed by atoms with Crippen molar-refractivity contribution in [3.8, 4) is 0 Å². The normalized spacial score (nSPS) is 23.8. The van der Waals surface area contributed by atoms with Crippen LogP contribution in [0.5, 0.6) is 0 Å². The van der Waals surface area contributed by atoms with Crippen LogP contribution in [-0.4, -0.2) is 30.4 Å². The topological polar surface area (TPSA) is 72.3 Å². The molecule has 2 unspecified atom stereocenters. The number of nitrogens with two attached hydrogens (primary N) is 2. The lowest BCUT2D eigenvalue weighted by molar-refractivity contribution is 0.0999. The van der Waals surface area contributed by atoms with Crippen LogP contribution in [0, 0.1) is 17.7 Å². The highest BCUT2D eigenvalue weighted by atomic mass is 19.1. The van der Waals surface area contributed by atoms with Crippen LogP contribution in [0.1, 0.15) is 29.3 Å². The van der Waals surface area contributed by atoms with E-state index >= 15 is 0 Å². The van der Waals surface area contributed by atoms with Gasteiger partial charge in [0, 0.05) is 24.2 Å². The largest absolute Gasteiger partial charge is 0.366 e. The van der Waals surface area contributed by atoms with Gasteiger partial charge < -0.3 is 11.5 Å². The lowest BCUT2D eigenvalue weighted by Gasteiger charge is -2.36. The summed E-state index contributed by atoms with van der Waals surface area (Å²) in [4.78, 5) is 13.2. The van der Waals surface area contributed by atoms with Crippen LogP contribution in [0.4, 0.5) is 4.39 Å². The molecule has 0 bridgehead atoms. The molecule has 2 rings (SSSR count). The molecule has 110 valence electrons. The zero-order valence-electron chi connectivity index (χ0n) is 11.8. The summed E-state index contributed by atoms with van der Waals surface area (Å²) in [5.41, 5.74) is 11.7. The minimum absolute atomic E-state index is 0.207. The van der Waals surface area contributed by atoms with Crippen molar-refractivity contribution < 1.29 is 9.18 Å². The summed E-state index contributed by atoms with van der Waals surface area (Å²) in [5.74, 6) is 0.115. The van der Waals surface area contributed by atoms with Crippen LogP contribution < -0.4 is 11.5 Å². The van der Waals surface area contributed by atoms with Gasteiger partial charge in [-0.2, -0.15) is 0 Å². The second kappa shape index (κ2) is 6.33. The average molecular weight is 279 g/mol. The molecule has 1 heterocycles.